The highest BCUT2D eigenvalue weighted by Crippen LogP contribution is 1.75. The number of likely N-dealkylation sites (N-methyl/N-ethyl adjacent to an activating group) is 1. The minimum absolute atomic E-state index is 0.497. The lowest BCUT2D eigenvalue weighted by Crippen LogP contribution is -2.07. The minimum atomic E-state index is 0.497. The molecule has 0 fully saturated rings. The van der Waals surface area contributed by atoms with Crippen LogP contribution >= 0.6 is 0 Å². The predicted molar refractivity (Wildman–Crippen MR) is 30.8 cm³/mol. The summed E-state index contributed by atoms with van der Waals surface area (Å²) in [6.07, 6.45) is 3.67. The van der Waals surface area contributed by atoms with Crippen LogP contribution < -0.4 is 0 Å². The van der Waals surface area contributed by atoms with E-state index in [1.807, 2.05) is 19.1 Å². The average molecular weight is 100 g/mol. The van der Waals surface area contributed by atoms with Crippen LogP contribution in [0.25, 0.3) is 0 Å². The zero-order chi connectivity index (χ0) is 5.70. The molecule has 0 aromatic rings. The quantitative estimate of drug-likeness (QED) is 0.382. The molecule has 0 aliphatic rings. The third-order valence-electron chi connectivity index (χ3n) is 0.598. The van der Waals surface area contributed by atoms with Crippen LogP contribution in [-0.4, -0.2) is 18.7 Å². The van der Waals surface area contributed by atoms with Gasteiger partial charge in [0, 0.05) is 6.54 Å². The van der Waals surface area contributed by atoms with Crippen molar-refractivity contribution in [2.45, 2.75) is 6.92 Å². The summed E-state index contributed by atoms with van der Waals surface area (Å²) in [5.74, 6) is 0. The topological polar surface area (TPSA) is 26.3 Å². The largest absolute Gasteiger partial charge is 0.785 e. The molecule has 0 N–H and O–H groups in total. The summed E-state index contributed by atoms with van der Waals surface area (Å²) in [5.41, 5.74) is 0. The van der Waals surface area contributed by atoms with E-state index in [0.29, 0.717) is 6.54 Å². The van der Waals surface area contributed by atoms with Crippen molar-refractivity contribution < 1.29 is 0 Å². The first-order valence-electron chi connectivity index (χ1n) is 2.26. The Balaban J connectivity index is 2.97. The van der Waals surface area contributed by atoms with Crippen LogP contribution in [0.15, 0.2) is 12.2 Å². The van der Waals surface area contributed by atoms with Crippen LogP contribution in [0.2, 0.25) is 0 Å². The molecular weight excluding hydrogens is 90.1 g/mol. The van der Waals surface area contributed by atoms with Gasteiger partial charge < -0.3 is 10.3 Å². The van der Waals surface area contributed by atoms with Gasteiger partial charge in [0.2, 0.25) is 0 Å². The van der Waals surface area contributed by atoms with Gasteiger partial charge in [-0.05, 0) is 14.0 Å². The lowest BCUT2D eigenvalue weighted by Gasteiger charge is -2.18. The molecular formula is C5H10NO-. The number of rotatable bonds is 2. The lowest BCUT2D eigenvalue weighted by molar-refractivity contribution is 0.513. The van der Waals surface area contributed by atoms with Gasteiger partial charge in [-0.25, -0.2) is 0 Å². The first-order chi connectivity index (χ1) is 3.27. The fourth-order valence-electron chi connectivity index (χ4n) is 0.254. The van der Waals surface area contributed by atoms with Crippen molar-refractivity contribution in [3.8, 4) is 0 Å². The van der Waals surface area contributed by atoms with Crippen molar-refractivity contribution in [2.24, 2.45) is 0 Å². The third-order valence-corrected chi connectivity index (χ3v) is 0.598. The molecule has 0 aliphatic heterocycles. The Morgan fingerprint density at radius 1 is 1.71 bits per heavy atom. The van der Waals surface area contributed by atoms with Crippen LogP contribution in [0.3, 0.4) is 0 Å². The van der Waals surface area contributed by atoms with E-state index in [4.69, 9.17) is 0 Å². The summed E-state index contributed by atoms with van der Waals surface area (Å²) >= 11 is 0. The molecule has 0 bridgehead atoms. The smallest absolute Gasteiger partial charge is 0.00399 e. The molecule has 0 amide bonds. The molecule has 0 saturated heterocycles. The molecule has 0 spiro atoms. The molecule has 0 radical (unpaired) electrons. The monoisotopic (exact) mass is 100 g/mol. The summed E-state index contributed by atoms with van der Waals surface area (Å²) in [6, 6.07) is 0. The van der Waals surface area contributed by atoms with E-state index < -0.39 is 0 Å². The zero-order valence-corrected chi connectivity index (χ0v) is 4.72. The Kier molecular flexibility index (Phi) is 3.65. The highest BCUT2D eigenvalue weighted by atomic mass is 16.5. The van der Waals surface area contributed by atoms with Gasteiger partial charge in [-0.1, -0.05) is 12.2 Å². The number of hydroxylamine groups is 2. The Bertz CT molecular complexity index is 59.1. The number of allylic oxidation sites excluding steroid dienone is 1. The number of nitrogens with zero attached hydrogens (tertiary/aromatic N) is 1. The molecule has 2 heteroatoms. The summed E-state index contributed by atoms with van der Waals surface area (Å²) in [7, 11) is 1.50. The molecule has 0 unspecified atom stereocenters. The van der Waals surface area contributed by atoms with Gasteiger partial charge in [0.25, 0.3) is 0 Å². The van der Waals surface area contributed by atoms with E-state index >= 15 is 0 Å². The van der Waals surface area contributed by atoms with Gasteiger partial charge in [-0.2, -0.15) is 0 Å². The van der Waals surface area contributed by atoms with Gasteiger partial charge in [0.15, 0.2) is 0 Å². The maximum Gasteiger partial charge on any atom is 0.00399 e. The van der Waals surface area contributed by atoms with Crippen molar-refractivity contribution in [3.63, 3.8) is 0 Å². The lowest BCUT2D eigenvalue weighted by atomic mass is 10.5. The van der Waals surface area contributed by atoms with Gasteiger partial charge >= 0.3 is 0 Å². The minimum Gasteiger partial charge on any atom is -0.785 e. The Morgan fingerprint density at radius 2 is 2.29 bits per heavy atom. The molecule has 0 saturated carbocycles. The van der Waals surface area contributed by atoms with Crippen molar-refractivity contribution in [2.75, 3.05) is 13.6 Å². The van der Waals surface area contributed by atoms with Crippen molar-refractivity contribution in [1.82, 2.24) is 5.06 Å². The van der Waals surface area contributed by atoms with Crippen LogP contribution in [0, 0.1) is 5.21 Å². The normalized spacial score (nSPS) is 11.4. The standard InChI is InChI=1S/C5H10NO/c1-3-4-5-6(2)7/h3-4H,5H2,1-2H3/q-1/b4-3-. The van der Waals surface area contributed by atoms with Gasteiger partial charge in [0.05, 0.1) is 0 Å². The van der Waals surface area contributed by atoms with Crippen LogP contribution in [0.1, 0.15) is 6.92 Å². The maximum atomic E-state index is 10.1. The molecule has 0 heterocycles. The van der Waals surface area contributed by atoms with Crippen molar-refractivity contribution in [3.05, 3.63) is 17.4 Å². The van der Waals surface area contributed by atoms with Crippen LogP contribution in [0.4, 0.5) is 0 Å². The maximum absolute atomic E-state index is 10.1. The molecule has 0 aromatic heterocycles. The fraction of sp³-hybridized carbons (Fsp3) is 0.600. The molecule has 0 rings (SSSR count). The molecule has 0 atom stereocenters. The summed E-state index contributed by atoms with van der Waals surface area (Å²) < 4.78 is 0. The Morgan fingerprint density at radius 3 is 2.43 bits per heavy atom. The fourth-order valence-corrected chi connectivity index (χ4v) is 0.254. The van der Waals surface area contributed by atoms with Crippen LogP contribution in [0.5, 0.6) is 0 Å². The average Bonchev–Trinajstić information content (AvgIpc) is 1.61. The predicted octanol–water partition coefficient (Wildman–Crippen LogP) is 0.992. The van der Waals surface area contributed by atoms with Crippen LogP contribution in [-0.2, 0) is 0 Å². The van der Waals surface area contributed by atoms with E-state index in [-0.39, 0.29) is 0 Å². The summed E-state index contributed by atoms with van der Waals surface area (Å²) in [4.78, 5) is 0. The molecule has 0 aliphatic carbocycles. The van der Waals surface area contributed by atoms with E-state index in [0.717, 1.165) is 5.06 Å². The third kappa shape index (κ3) is 5.66. The second kappa shape index (κ2) is 3.84. The highest BCUT2D eigenvalue weighted by molar-refractivity contribution is 4.79. The van der Waals surface area contributed by atoms with E-state index in [1.165, 1.54) is 7.05 Å². The first-order valence-corrected chi connectivity index (χ1v) is 2.26. The Hall–Kier alpha value is -0.340. The van der Waals surface area contributed by atoms with E-state index in [9.17, 15) is 5.21 Å². The van der Waals surface area contributed by atoms with E-state index in [2.05, 4.69) is 0 Å². The summed E-state index contributed by atoms with van der Waals surface area (Å²) in [6.45, 7) is 2.39. The second-order valence-corrected chi connectivity index (χ2v) is 1.38. The van der Waals surface area contributed by atoms with Crippen molar-refractivity contribution in [1.29, 1.82) is 0 Å². The van der Waals surface area contributed by atoms with Gasteiger partial charge in [0.1, 0.15) is 0 Å². The molecule has 42 valence electrons. The first kappa shape index (κ1) is 6.66. The molecule has 2 nitrogen and oxygen atoms in total. The van der Waals surface area contributed by atoms with Gasteiger partial charge in [-0.15, -0.1) is 0 Å². The van der Waals surface area contributed by atoms with Crippen molar-refractivity contribution >= 4 is 0 Å². The SMILES string of the molecule is C/C=C\CN(C)[O-]. The second-order valence-electron chi connectivity index (χ2n) is 1.38. The number of hydrogen-bond acceptors (Lipinski definition) is 2. The Labute approximate surface area is 44.0 Å². The molecule has 7 heavy (non-hydrogen) atoms. The zero-order valence-electron chi connectivity index (χ0n) is 4.72. The summed E-state index contributed by atoms with van der Waals surface area (Å²) in [5, 5.41) is 10.9. The van der Waals surface area contributed by atoms with E-state index in [1.54, 1.807) is 0 Å². The van der Waals surface area contributed by atoms with Gasteiger partial charge in [-0.3, -0.25) is 0 Å². The molecule has 0 aromatic carbocycles. The highest BCUT2D eigenvalue weighted by Gasteiger charge is 1.68. The number of hydrogen-bond donors (Lipinski definition) is 0.